The van der Waals surface area contributed by atoms with Crippen molar-refractivity contribution in [2.24, 2.45) is 0 Å². The van der Waals surface area contributed by atoms with Crippen molar-refractivity contribution in [3.05, 3.63) is 59.2 Å². The molecule has 0 heterocycles. The zero-order valence-electron chi connectivity index (χ0n) is 9.19. The van der Waals surface area contributed by atoms with Crippen LogP contribution >= 0.6 is 0 Å². The molecule has 4 heteroatoms. The summed E-state index contributed by atoms with van der Waals surface area (Å²) in [5, 5.41) is 0. The summed E-state index contributed by atoms with van der Waals surface area (Å²) in [6, 6.07) is 7.67. The fourth-order valence-electron chi connectivity index (χ4n) is 1.81. The third-order valence-electron chi connectivity index (χ3n) is 2.60. The number of benzene rings is 2. The summed E-state index contributed by atoms with van der Waals surface area (Å²) in [6.07, 6.45) is 0.860. The van der Waals surface area contributed by atoms with Gasteiger partial charge in [0.15, 0.2) is 12.6 Å². The number of hydrogen-bond acceptors (Lipinski definition) is 2. The number of halogens is 2. The van der Waals surface area contributed by atoms with E-state index in [2.05, 4.69) is 0 Å². The van der Waals surface area contributed by atoms with Crippen molar-refractivity contribution in [1.29, 1.82) is 0 Å². The summed E-state index contributed by atoms with van der Waals surface area (Å²) in [7, 11) is 0. The van der Waals surface area contributed by atoms with E-state index in [0.29, 0.717) is 12.6 Å². The van der Waals surface area contributed by atoms with Gasteiger partial charge in [-0.2, -0.15) is 0 Å². The maximum absolute atomic E-state index is 13.8. The summed E-state index contributed by atoms with van der Waals surface area (Å²) < 4.78 is 27.6. The molecule has 0 radical (unpaired) electrons. The van der Waals surface area contributed by atoms with Gasteiger partial charge in [-0.25, -0.2) is 8.78 Å². The predicted molar refractivity (Wildman–Crippen MR) is 62.6 cm³/mol. The van der Waals surface area contributed by atoms with Crippen molar-refractivity contribution in [1.82, 2.24) is 0 Å². The Hall–Kier alpha value is -2.36. The lowest BCUT2D eigenvalue weighted by atomic mass is 9.95. The molecule has 0 unspecified atom stereocenters. The zero-order chi connectivity index (χ0) is 13.1. The number of carbonyl (C=O) groups excluding carboxylic acids is 2. The average Bonchev–Trinajstić information content (AvgIpc) is 2.38. The Balaban J connectivity index is 2.84. The lowest BCUT2D eigenvalue weighted by molar-refractivity contribution is 0.111. The van der Waals surface area contributed by atoms with E-state index >= 15 is 0 Å². The van der Waals surface area contributed by atoms with Crippen LogP contribution in [-0.4, -0.2) is 12.6 Å². The second-order valence-electron chi connectivity index (χ2n) is 3.64. The lowest BCUT2D eigenvalue weighted by Gasteiger charge is -2.10. The molecular formula is C14H8F2O2. The smallest absolute Gasteiger partial charge is 0.150 e. The molecule has 0 aliphatic carbocycles. The Bertz CT molecular complexity index is 566. The van der Waals surface area contributed by atoms with Crippen LogP contribution in [0.1, 0.15) is 20.7 Å². The van der Waals surface area contributed by atoms with Gasteiger partial charge in [-0.1, -0.05) is 24.3 Å². The Morgan fingerprint density at radius 3 is 1.44 bits per heavy atom. The molecular weight excluding hydrogens is 238 g/mol. The van der Waals surface area contributed by atoms with Gasteiger partial charge in [-0.3, -0.25) is 9.59 Å². The second-order valence-corrected chi connectivity index (χ2v) is 3.64. The van der Waals surface area contributed by atoms with Crippen LogP contribution in [-0.2, 0) is 0 Å². The Kier molecular flexibility index (Phi) is 3.28. The number of carbonyl (C=O) groups is 2. The number of aldehydes is 2. The molecule has 0 aromatic heterocycles. The highest BCUT2D eigenvalue weighted by Gasteiger charge is 2.17. The minimum atomic E-state index is -0.743. The van der Waals surface area contributed by atoms with E-state index in [1.165, 1.54) is 24.3 Å². The molecule has 0 saturated carbocycles. The molecule has 0 N–H and O–H groups in total. The topological polar surface area (TPSA) is 34.1 Å². The molecule has 0 atom stereocenters. The van der Waals surface area contributed by atoms with Gasteiger partial charge in [0, 0.05) is 22.3 Å². The molecule has 0 spiro atoms. The van der Waals surface area contributed by atoms with Crippen molar-refractivity contribution < 1.29 is 18.4 Å². The van der Waals surface area contributed by atoms with Crippen LogP contribution in [0.5, 0.6) is 0 Å². The first-order chi connectivity index (χ1) is 8.69. The van der Waals surface area contributed by atoms with Crippen molar-refractivity contribution in [3.8, 4) is 11.1 Å². The molecule has 18 heavy (non-hydrogen) atoms. The SMILES string of the molecule is O=Cc1cccc(F)c1-c1c(F)cccc1C=O. The summed E-state index contributed by atoms with van der Waals surface area (Å²) in [5.74, 6) is -1.49. The maximum Gasteiger partial charge on any atom is 0.150 e. The Morgan fingerprint density at radius 2 is 1.11 bits per heavy atom. The van der Waals surface area contributed by atoms with Crippen LogP contribution in [0.4, 0.5) is 8.78 Å². The monoisotopic (exact) mass is 246 g/mol. The normalized spacial score (nSPS) is 10.1. The Morgan fingerprint density at radius 1 is 0.722 bits per heavy atom. The van der Waals surface area contributed by atoms with E-state index in [1.807, 2.05) is 0 Å². The number of hydrogen-bond donors (Lipinski definition) is 0. The molecule has 2 aromatic carbocycles. The van der Waals surface area contributed by atoms with Gasteiger partial charge in [0.05, 0.1) is 0 Å². The van der Waals surface area contributed by atoms with Gasteiger partial charge >= 0.3 is 0 Å². The van der Waals surface area contributed by atoms with E-state index < -0.39 is 11.6 Å². The third kappa shape index (κ3) is 1.93. The quantitative estimate of drug-likeness (QED) is 0.779. The predicted octanol–water partition coefficient (Wildman–Crippen LogP) is 3.26. The minimum absolute atomic E-state index is 0.00296. The average molecular weight is 246 g/mol. The third-order valence-corrected chi connectivity index (χ3v) is 2.60. The molecule has 0 aliphatic heterocycles. The first-order valence-corrected chi connectivity index (χ1v) is 5.16. The summed E-state index contributed by atoms with van der Waals surface area (Å²) in [5.41, 5.74) is -0.369. The fourth-order valence-corrected chi connectivity index (χ4v) is 1.81. The van der Waals surface area contributed by atoms with Crippen molar-refractivity contribution in [3.63, 3.8) is 0 Å². The molecule has 0 saturated heterocycles. The van der Waals surface area contributed by atoms with Crippen molar-refractivity contribution in [2.45, 2.75) is 0 Å². The van der Waals surface area contributed by atoms with Crippen LogP contribution in [0.2, 0.25) is 0 Å². The molecule has 0 aliphatic rings. The zero-order valence-corrected chi connectivity index (χ0v) is 9.19. The van der Waals surface area contributed by atoms with Crippen LogP contribution in [0.15, 0.2) is 36.4 Å². The van der Waals surface area contributed by atoms with E-state index in [9.17, 15) is 18.4 Å². The van der Waals surface area contributed by atoms with Crippen LogP contribution < -0.4 is 0 Å². The highest BCUT2D eigenvalue weighted by atomic mass is 19.1. The van der Waals surface area contributed by atoms with Crippen LogP contribution in [0.25, 0.3) is 11.1 Å². The molecule has 2 nitrogen and oxygen atoms in total. The highest BCUT2D eigenvalue weighted by Crippen LogP contribution is 2.30. The van der Waals surface area contributed by atoms with Gasteiger partial charge in [0.25, 0.3) is 0 Å². The Labute approximate surface area is 102 Å². The van der Waals surface area contributed by atoms with Gasteiger partial charge in [0.2, 0.25) is 0 Å². The van der Waals surface area contributed by atoms with Gasteiger partial charge in [-0.05, 0) is 12.1 Å². The number of rotatable bonds is 3. The largest absolute Gasteiger partial charge is 0.298 e. The van der Waals surface area contributed by atoms with Gasteiger partial charge in [-0.15, -0.1) is 0 Å². The van der Waals surface area contributed by atoms with Crippen LogP contribution in [0.3, 0.4) is 0 Å². The highest BCUT2D eigenvalue weighted by molar-refractivity contribution is 5.94. The lowest BCUT2D eigenvalue weighted by Crippen LogP contribution is -1.98. The molecule has 2 rings (SSSR count). The summed E-state index contributed by atoms with van der Waals surface area (Å²) in [6.45, 7) is 0. The van der Waals surface area contributed by atoms with E-state index in [-0.39, 0.29) is 22.3 Å². The molecule has 0 bridgehead atoms. The molecule has 0 fully saturated rings. The first-order valence-electron chi connectivity index (χ1n) is 5.16. The minimum Gasteiger partial charge on any atom is -0.298 e. The fraction of sp³-hybridized carbons (Fsp3) is 0. The van der Waals surface area contributed by atoms with E-state index in [1.54, 1.807) is 0 Å². The van der Waals surface area contributed by atoms with E-state index in [0.717, 1.165) is 12.1 Å². The first kappa shape index (κ1) is 12.1. The molecule has 0 amide bonds. The van der Waals surface area contributed by atoms with Crippen LogP contribution in [0, 0.1) is 11.6 Å². The molecule has 2 aromatic rings. The van der Waals surface area contributed by atoms with Gasteiger partial charge in [0.1, 0.15) is 11.6 Å². The van der Waals surface area contributed by atoms with Crippen molar-refractivity contribution in [2.75, 3.05) is 0 Å². The van der Waals surface area contributed by atoms with Crippen molar-refractivity contribution >= 4 is 12.6 Å². The molecule has 90 valence electrons. The summed E-state index contributed by atoms with van der Waals surface area (Å²) >= 11 is 0. The summed E-state index contributed by atoms with van der Waals surface area (Å²) in [4.78, 5) is 21.8. The maximum atomic E-state index is 13.8. The van der Waals surface area contributed by atoms with Gasteiger partial charge < -0.3 is 0 Å². The second kappa shape index (κ2) is 4.87. The standard InChI is InChI=1S/C14H8F2O2/c15-11-5-1-3-9(7-17)13(11)14-10(8-18)4-2-6-12(14)16/h1-8H. The van der Waals surface area contributed by atoms with E-state index in [4.69, 9.17) is 0 Å².